The van der Waals surface area contributed by atoms with Gasteiger partial charge in [-0.25, -0.2) is 15.6 Å². The number of carbonyl (C=O) groups excluding carboxylic acids is 3. The van der Waals surface area contributed by atoms with E-state index in [4.69, 9.17) is 4.84 Å². The topological polar surface area (TPSA) is 108 Å². The molecule has 2 heterocycles. The van der Waals surface area contributed by atoms with E-state index in [1.165, 1.54) is 24.3 Å². The quantitative estimate of drug-likeness (QED) is 0.614. The van der Waals surface area contributed by atoms with Gasteiger partial charge in [0.1, 0.15) is 0 Å². The van der Waals surface area contributed by atoms with Gasteiger partial charge >= 0.3 is 12.1 Å². The molecule has 2 amide bonds. The van der Waals surface area contributed by atoms with Gasteiger partial charge in [-0.15, -0.1) is 5.06 Å². The summed E-state index contributed by atoms with van der Waals surface area (Å²) < 4.78 is 38.8. The minimum Gasteiger partial charge on any atom is -0.330 e. The van der Waals surface area contributed by atoms with Gasteiger partial charge < -0.3 is 4.84 Å². The Labute approximate surface area is 133 Å². The molecule has 7 nitrogen and oxygen atoms in total. The van der Waals surface area contributed by atoms with Crippen LogP contribution in [0.25, 0.3) is 0 Å². The number of nitrogens with zero attached hydrogens (tertiary/aromatic N) is 1. The van der Waals surface area contributed by atoms with E-state index in [1.54, 1.807) is 0 Å². The number of imide groups is 1. The Morgan fingerprint density at radius 2 is 1.67 bits per heavy atom. The Morgan fingerprint density at radius 3 is 2.12 bits per heavy atom. The van der Waals surface area contributed by atoms with Crippen molar-refractivity contribution in [2.45, 2.75) is 31.1 Å². The van der Waals surface area contributed by atoms with Gasteiger partial charge in [0.15, 0.2) is 0 Å². The first-order valence-corrected chi connectivity index (χ1v) is 7.00. The maximum absolute atomic E-state index is 12.9. The first-order chi connectivity index (χ1) is 11.2. The van der Waals surface area contributed by atoms with Crippen LogP contribution >= 0.6 is 0 Å². The van der Waals surface area contributed by atoms with Crippen LogP contribution in [-0.2, 0) is 31.3 Å². The van der Waals surface area contributed by atoms with Crippen molar-refractivity contribution in [3.63, 3.8) is 0 Å². The summed E-state index contributed by atoms with van der Waals surface area (Å²) in [7, 11) is 0. The van der Waals surface area contributed by atoms with E-state index in [9.17, 15) is 27.6 Å². The van der Waals surface area contributed by atoms with E-state index in [1.807, 2.05) is 0 Å². The van der Waals surface area contributed by atoms with Crippen LogP contribution in [0.1, 0.15) is 24.0 Å². The second-order valence-corrected chi connectivity index (χ2v) is 5.42. The fourth-order valence-corrected chi connectivity index (χ4v) is 2.34. The van der Waals surface area contributed by atoms with Crippen LogP contribution in [-0.4, -0.2) is 29.0 Å². The molecule has 24 heavy (non-hydrogen) atoms. The van der Waals surface area contributed by atoms with E-state index in [-0.39, 0.29) is 24.8 Å². The first-order valence-electron chi connectivity index (χ1n) is 7.00. The molecule has 2 saturated heterocycles. The molecular formula is C14H12F3N3O4. The van der Waals surface area contributed by atoms with Gasteiger partial charge in [-0.2, -0.15) is 13.2 Å². The zero-order valence-corrected chi connectivity index (χ0v) is 12.1. The van der Waals surface area contributed by atoms with Crippen molar-refractivity contribution in [3.8, 4) is 0 Å². The normalized spacial score (nSPS) is 19.5. The number of hydroxylamine groups is 2. The molecular weight excluding hydrogens is 331 g/mol. The SMILES string of the molecule is O=C(Cc1ccc(C2(C(F)(F)F)NN2)cc1)ON1C(=O)CCC1=O. The average Bonchev–Trinajstić information content (AvgIpc) is 3.27. The van der Waals surface area contributed by atoms with Gasteiger partial charge in [0.2, 0.25) is 5.66 Å². The number of amides is 2. The molecule has 0 atom stereocenters. The summed E-state index contributed by atoms with van der Waals surface area (Å²) >= 11 is 0. The number of nitrogens with one attached hydrogen (secondary N) is 2. The van der Waals surface area contributed by atoms with Gasteiger partial charge in [-0.05, 0) is 11.1 Å². The average molecular weight is 343 g/mol. The highest BCUT2D eigenvalue weighted by atomic mass is 19.4. The Balaban J connectivity index is 1.64. The van der Waals surface area contributed by atoms with E-state index in [2.05, 4.69) is 10.9 Å². The molecule has 128 valence electrons. The van der Waals surface area contributed by atoms with Crippen LogP contribution in [0.15, 0.2) is 24.3 Å². The molecule has 2 aliphatic rings. The van der Waals surface area contributed by atoms with Crippen molar-refractivity contribution in [1.82, 2.24) is 15.9 Å². The predicted octanol–water partition coefficient (Wildman–Crippen LogP) is 0.659. The Bertz CT molecular complexity index is 682. The molecule has 0 unspecified atom stereocenters. The Hall–Kier alpha value is -2.46. The smallest absolute Gasteiger partial charge is 0.330 e. The molecule has 0 aliphatic carbocycles. The highest BCUT2D eigenvalue weighted by molar-refractivity contribution is 6.01. The Kier molecular flexibility index (Phi) is 3.80. The molecule has 2 aliphatic heterocycles. The summed E-state index contributed by atoms with van der Waals surface area (Å²) in [4.78, 5) is 39.1. The van der Waals surface area contributed by atoms with E-state index < -0.39 is 29.6 Å². The van der Waals surface area contributed by atoms with Crippen molar-refractivity contribution in [1.29, 1.82) is 0 Å². The summed E-state index contributed by atoms with van der Waals surface area (Å²) in [5.41, 5.74) is 2.23. The number of hydrazine groups is 1. The number of alkyl halides is 3. The van der Waals surface area contributed by atoms with Crippen molar-refractivity contribution in [3.05, 3.63) is 35.4 Å². The number of carbonyl (C=O) groups is 3. The van der Waals surface area contributed by atoms with E-state index in [0.717, 1.165) is 0 Å². The molecule has 2 N–H and O–H groups in total. The van der Waals surface area contributed by atoms with Crippen LogP contribution < -0.4 is 10.9 Å². The summed E-state index contributed by atoms with van der Waals surface area (Å²) in [5.74, 6) is -2.04. The summed E-state index contributed by atoms with van der Waals surface area (Å²) in [6.45, 7) is 0. The third-order valence-corrected chi connectivity index (χ3v) is 3.73. The van der Waals surface area contributed by atoms with Gasteiger partial charge in [-0.1, -0.05) is 24.3 Å². The largest absolute Gasteiger partial charge is 0.426 e. The van der Waals surface area contributed by atoms with Crippen LogP contribution in [0.4, 0.5) is 13.2 Å². The lowest BCUT2D eigenvalue weighted by Crippen LogP contribution is -2.34. The molecule has 0 aromatic heterocycles. The molecule has 0 spiro atoms. The van der Waals surface area contributed by atoms with Crippen LogP contribution in [0.3, 0.4) is 0 Å². The maximum atomic E-state index is 12.9. The number of hydrogen-bond acceptors (Lipinski definition) is 6. The van der Waals surface area contributed by atoms with Crippen LogP contribution in [0.2, 0.25) is 0 Å². The van der Waals surface area contributed by atoms with Crippen LogP contribution in [0, 0.1) is 0 Å². The molecule has 0 bridgehead atoms. The van der Waals surface area contributed by atoms with Crippen molar-refractivity contribution < 1.29 is 32.4 Å². The highest BCUT2D eigenvalue weighted by Crippen LogP contribution is 2.41. The zero-order chi connectivity index (χ0) is 17.5. The van der Waals surface area contributed by atoms with Crippen molar-refractivity contribution in [2.24, 2.45) is 0 Å². The maximum Gasteiger partial charge on any atom is 0.426 e. The van der Waals surface area contributed by atoms with Gasteiger partial charge in [-0.3, -0.25) is 9.59 Å². The van der Waals surface area contributed by atoms with Crippen molar-refractivity contribution in [2.75, 3.05) is 0 Å². The highest BCUT2D eigenvalue weighted by Gasteiger charge is 2.65. The lowest BCUT2D eigenvalue weighted by atomic mass is 10.0. The number of benzene rings is 1. The number of rotatable bonds is 4. The minimum absolute atomic E-state index is 0.0136. The van der Waals surface area contributed by atoms with Gasteiger partial charge in [0, 0.05) is 12.8 Å². The number of hydrogen-bond donors (Lipinski definition) is 2. The molecule has 0 radical (unpaired) electrons. The van der Waals surface area contributed by atoms with Gasteiger partial charge in [0.05, 0.1) is 6.42 Å². The Morgan fingerprint density at radius 1 is 1.12 bits per heavy atom. The third kappa shape index (κ3) is 2.85. The second kappa shape index (κ2) is 5.56. The van der Waals surface area contributed by atoms with Crippen molar-refractivity contribution >= 4 is 17.8 Å². The van der Waals surface area contributed by atoms with E-state index in [0.29, 0.717) is 10.6 Å². The fourth-order valence-electron chi connectivity index (χ4n) is 2.34. The van der Waals surface area contributed by atoms with E-state index >= 15 is 0 Å². The first kappa shape index (κ1) is 16.4. The third-order valence-electron chi connectivity index (χ3n) is 3.73. The summed E-state index contributed by atoms with van der Waals surface area (Å²) in [6.07, 6.45) is -4.82. The molecule has 3 rings (SSSR count). The molecule has 0 saturated carbocycles. The molecule has 1 aromatic carbocycles. The lowest BCUT2D eigenvalue weighted by Gasteiger charge is -2.16. The lowest BCUT2D eigenvalue weighted by molar-refractivity contribution is -0.197. The number of halogens is 3. The summed E-state index contributed by atoms with van der Waals surface area (Å²) in [5, 5.41) is 0.424. The summed E-state index contributed by atoms with van der Waals surface area (Å²) in [6, 6.07) is 5.16. The standard InChI is InChI=1S/C14H12F3N3O4/c15-14(16,17)13(18-19-13)9-3-1-8(2-4-9)7-12(23)24-20-10(21)5-6-11(20)22/h1-4,18-19H,5-7H2. The second-order valence-electron chi connectivity index (χ2n) is 5.42. The van der Waals surface area contributed by atoms with Crippen LogP contribution in [0.5, 0.6) is 0 Å². The minimum atomic E-state index is -4.51. The monoisotopic (exact) mass is 343 g/mol. The molecule has 10 heteroatoms. The molecule has 2 fully saturated rings. The fraction of sp³-hybridized carbons (Fsp3) is 0.357. The zero-order valence-electron chi connectivity index (χ0n) is 12.1. The predicted molar refractivity (Wildman–Crippen MR) is 71.3 cm³/mol. The van der Waals surface area contributed by atoms with Gasteiger partial charge in [0.25, 0.3) is 11.8 Å². The molecule has 1 aromatic rings.